The summed E-state index contributed by atoms with van der Waals surface area (Å²) in [4.78, 5) is 11.6. The van der Waals surface area contributed by atoms with Crippen molar-refractivity contribution < 1.29 is 19.4 Å². The van der Waals surface area contributed by atoms with Crippen molar-refractivity contribution in [3.8, 4) is 11.5 Å². The third-order valence-corrected chi connectivity index (χ3v) is 2.64. The molecule has 0 spiro atoms. The van der Waals surface area contributed by atoms with E-state index in [9.17, 15) is 4.79 Å². The van der Waals surface area contributed by atoms with Gasteiger partial charge in [-0.05, 0) is 44.5 Å². The van der Waals surface area contributed by atoms with Crippen molar-refractivity contribution in [1.29, 1.82) is 0 Å². The summed E-state index contributed by atoms with van der Waals surface area (Å²) in [6.45, 7) is 5.53. The number of nitrogens with one attached hydrogen (secondary N) is 1. The van der Waals surface area contributed by atoms with Crippen LogP contribution in [0, 0.1) is 0 Å². The minimum absolute atomic E-state index is 0.0611. The number of aliphatic hydroxyl groups excluding tert-OH is 1. The quantitative estimate of drug-likeness (QED) is 0.754. The van der Waals surface area contributed by atoms with Crippen molar-refractivity contribution in [2.75, 3.05) is 13.7 Å². The minimum atomic E-state index is -0.265. The first-order valence-corrected chi connectivity index (χ1v) is 6.90. The van der Waals surface area contributed by atoms with E-state index < -0.39 is 0 Å². The lowest BCUT2D eigenvalue weighted by Crippen LogP contribution is -2.33. The number of rotatable bonds is 7. The van der Waals surface area contributed by atoms with Gasteiger partial charge < -0.3 is 19.9 Å². The SMILES string of the molecule is COc1cc(/C=C/C(=O)NC(C)CO)ccc1OC(C)C. The summed E-state index contributed by atoms with van der Waals surface area (Å²) in [5, 5.41) is 11.5. The summed E-state index contributed by atoms with van der Waals surface area (Å²) in [6.07, 6.45) is 3.16. The smallest absolute Gasteiger partial charge is 0.244 e. The van der Waals surface area contributed by atoms with Crippen LogP contribution in [0.1, 0.15) is 26.3 Å². The maximum atomic E-state index is 11.6. The topological polar surface area (TPSA) is 67.8 Å². The van der Waals surface area contributed by atoms with E-state index in [4.69, 9.17) is 14.6 Å². The van der Waals surface area contributed by atoms with Gasteiger partial charge in [0.05, 0.1) is 19.8 Å². The molecule has 0 radical (unpaired) electrons. The van der Waals surface area contributed by atoms with Gasteiger partial charge in [-0.25, -0.2) is 0 Å². The van der Waals surface area contributed by atoms with E-state index in [1.807, 2.05) is 26.0 Å². The Balaban J connectivity index is 2.78. The van der Waals surface area contributed by atoms with Crippen molar-refractivity contribution >= 4 is 12.0 Å². The number of hydrogen-bond acceptors (Lipinski definition) is 4. The number of ether oxygens (including phenoxy) is 2. The van der Waals surface area contributed by atoms with Crippen LogP contribution in [0.4, 0.5) is 0 Å². The molecule has 21 heavy (non-hydrogen) atoms. The van der Waals surface area contributed by atoms with Crippen LogP contribution in [0.3, 0.4) is 0 Å². The zero-order valence-corrected chi connectivity index (χ0v) is 12.9. The van der Waals surface area contributed by atoms with Gasteiger partial charge in [0, 0.05) is 12.1 Å². The number of aliphatic hydroxyl groups is 1. The molecule has 1 amide bonds. The molecule has 0 heterocycles. The highest BCUT2D eigenvalue weighted by molar-refractivity contribution is 5.92. The largest absolute Gasteiger partial charge is 0.493 e. The first kappa shape index (κ1) is 17.0. The Bertz CT molecular complexity index is 497. The second-order valence-corrected chi connectivity index (χ2v) is 5.00. The highest BCUT2D eigenvalue weighted by Crippen LogP contribution is 2.29. The van der Waals surface area contributed by atoms with Crippen molar-refractivity contribution in [2.45, 2.75) is 32.9 Å². The number of carbonyl (C=O) groups excluding carboxylic acids is 1. The van der Waals surface area contributed by atoms with Gasteiger partial charge in [0.2, 0.25) is 5.91 Å². The average molecular weight is 293 g/mol. The van der Waals surface area contributed by atoms with E-state index in [-0.39, 0.29) is 24.7 Å². The molecule has 1 atom stereocenters. The summed E-state index contributed by atoms with van der Waals surface area (Å²) < 4.78 is 10.9. The first-order valence-electron chi connectivity index (χ1n) is 6.90. The molecule has 116 valence electrons. The molecule has 2 N–H and O–H groups in total. The second kappa shape index (κ2) is 8.32. The molecule has 0 aliphatic carbocycles. The Morgan fingerprint density at radius 2 is 2.05 bits per heavy atom. The van der Waals surface area contributed by atoms with Gasteiger partial charge in [0.1, 0.15) is 0 Å². The van der Waals surface area contributed by atoms with Gasteiger partial charge in [-0.1, -0.05) is 6.07 Å². The molecule has 1 aromatic rings. The van der Waals surface area contributed by atoms with Gasteiger partial charge in [-0.3, -0.25) is 4.79 Å². The maximum Gasteiger partial charge on any atom is 0.244 e. The van der Waals surface area contributed by atoms with Crippen LogP contribution in [0.25, 0.3) is 6.08 Å². The molecule has 5 nitrogen and oxygen atoms in total. The zero-order valence-electron chi connectivity index (χ0n) is 12.9. The fourth-order valence-corrected chi connectivity index (χ4v) is 1.65. The highest BCUT2D eigenvalue weighted by Gasteiger charge is 2.07. The number of benzene rings is 1. The van der Waals surface area contributed by atoms with Crippen molar-refractivity contribution in [1.82, 2.24) is 5.32 Å². The van der Waals surface area contributed by atoms with E-state index in [1.165, 1.54) is 6.08 Å². The second-order valence-electron chi connectivity index (χ2n) is 5.00. The van der Waals surface area contributed by atoms with E-state index >= 15 is 0 Å². The third kappa shape index (κ3) is 5.87. The lowest BCUT2D eigenvalue weighted by atomic mass is 10.2. The molecular formula is C16H23NO4. The van der Waals surface area contributed by atoms with E-state index in [2.05, 4.69) is 5.32 Å². The van der Waals surface area contributed by atoms with Crippen LogP contribution in [0.5, 0.6) is 11.5 Å². The molecule has 1 aromatic carbocycles. The summed E-state index contributed by atoms with van der Waals surface area (Å²) in [5.41, 5.74) is 0.828. The van der Waals surface area contributed by atoms with Crippen LogP contribution in [-0.4, -0.2) is 36.9 Å². The molecule has 0 aromatic heterocycles. The number of methoxy groups -OCH3 is 1. The maximum absolute atomic E-state index is 11.6. The normalized spacial score (nSPS) is 12.5. The Labute approximate surface area is 125 Å². The van der Waals surface area contributed by atoms with Gasteiger partial charge in [-0.15, -0.1) is 0 Å². The molecule has 0 bridgehead atoms. The van der Waals surface area contributed by atoms with E-state index in [1.54, 1.807) is 26.2 Å². The summed E-state index contributed by atoms with van der Waals surface area (Å²) in [5.74, 6) is 1.04. The number of amides is 1. The third-order valence-electron chi connectivity index (χ3n) is 2.64. The Morgan fingerprint density at radius 1 is 1.33 bits per heavy atom. The number of carbonyl (C=O) groups is 1. The van der Waals surface area contributed by atoms with Crippen LogP contribution in [-0.2, 0) is 4.79 Å². The summed E-state index contributed by atoms with van der Waals surface area (Å²) in [6, 6.07) is 5.20. The van der Waals surface area contributed by atoms with Gasteiger partial charge in [0.15, 0.2) is 11.5 Å². The zero-order chi connectivity index (χ0) is 15.8. The predicted molar refractivity (Wildman–Crippen MR) is 82.5 cm³/mol. The number of hydrogen-bond donors (Lipinski definition) is 2. The lowest BCUT2D eigenvalue weighted by Gasteiger charge is -2.13. The average Bonchev–Trinajstić information content (AvgIpc) is 2.45. The van der Waals surface area contributed by atoms with Crippen LogP contribution < -0.4 is 14.8 Å². The van der Waals surface area contributed by atoms with E-state index in [0.29, 0.717) is 11.5 Å². The molecule has 0 saturated carbocycles. The molecule has 0 aliphatic rings. The Hall–Kier alpha value is -2.01. The fraction of sp³-hybridized carbons (Fsp3) is 0.438. The Kier molecular flexibility index (Phi) is 6.75. The lowest BCUT2D eigenvalue weighted by molar-refractivity contribution is -0.117. The molecule has 1 unspecified atom stereocenters. The van der Waals surface area contributed by atoms with Gasteiger partial charge in [-0.2, -0.15) is 0 Å². The molecule has 0 saturated heterocycles. The summed E-state index contributed by atoms with van der Waals surface area (Å²) >= 11 is 0. The Morgan fingerprint density at radius 3 is 2.62 bits per heavy atom. The molecular weight excluding hydrogens is 270 g/mol. The standard InChI is InChI=1S/C16H23NO4/c1-11(2)21-14-7-5-13(9-15(14)20-4)6-8-16(19)17-12(3)10-18/h5-9,11-12,18H,10H2,1-4H3,(H,17,19)/b8-6+. The van der Waals surface area contributed by atoms with Crippen molar-refractivity contribution in [3.05, 3.63) is 29.8 Å². The van der Waals surface area contributed by atoms with Crippen LogP contribution >= 0.6 is 0 Å². The van der Waals surface area contributed by atoms with E-state index in [0.717, 1.165) is 5.56 Å². The highest BCUT2D eigenvalue weighted by atomic mass is 16.5. The minimum Gasteiger partial charge on any atom is -0.493 e. The first-order chi connectivity index (χ1) is 9.96. The predicted octanol–water partition coefficient (Wildman–Crippen LogP) is 1.99. The van der Waals surface area contributed by atoms with Crippen molar-refractivity contribution in [2.24, 2.45) is 0 Å². The molecule has 0 fully saturated rings. The summed E-state index contributed by atoms with van der Waals surface area (Å²) in [7, 11) is 1.58. The fourth-order valence-electron chi connectivity index (χ4n) is 1.65. The van der Waals surface area contributed by atoms with Gasteiger partial charge >= 0.3 is 0 Å². The molecule has 1 rings (SSSR count). The van der Waals surface area contributed by atoms with Crippen LogP contribution in [0.2, 0.25) is 0 Å². The van der Waals surface area contributed by atoms with Crippen molar-refractivity contribution in [3.63, 3.8) is 0 Å². The monoisotopic (exact) mass is 293 g/mol. The molecule has 5 heteroatoms. The molecule has 0 aliphatic heterocycles. The van der Waals surface area contributed by atoms with Gasteiger partial charge in [0.25, 0.3) is 0 Å². The van der Waals surface area contributed by atoms with Crippen LogP contribution in [0.15, 0.2) is 24.3 Å².